The third kappa shape index (κ3) is 3.59. The molecule has 2 aromatic carbocycles. The summed E-state index contributed by atoms with van der Waals surface area (Å²) in [7, 11) is -4.70. The molecule has 0 unspecified atom stereocenters. The Balaban J connectivity index is 2.51. The lowest BCUT2D eigenvalue weighted by Gasteiger charge is -2.12. The van der Waals surface area contributed by atoms with Gasteiger partial charge in [-0.25, -0.2) is 26.0 Å². The predicted molar refractivity (Wildman–Crippen MR) is 81.6 cm³/mol. The average Bonchev–Trinajstić information content (AvgIpc) is 2.52. The van der Waals surface area contributed by atoms with Crippen molar-refractivity contribution in [1.29, 1.82) is 0 Å². The number of hydrogen-bond donors (Lipinski definition) is 1. The second kappa shape index (κ2) is 6.89. The highest BCUT2D eigenvalue weighted by Crippen LogP contribution is 2.26. The number of sulfonamides is 1. The summed E-state index contributed by atoms with van der Waals surface area (Å²) in [5, 5.41) is -0.393. The van der Waals surface area contributed by atoms with Gasteiger partial charge in [-0.3, -0.25) is 9.52 Å². The molecule has 0 atom stereocenters. The van der Waals surface area contributed by atoms with E-state index in [9.17, 15) is 30.8 Å². The van der Waals surface area contributed by atoms with E-state index in [1.807, 2.05) is 0 Å². The van der Waals surface area contributed by atoms with Crippen molar-refractivity contribution in [2.75, 3.05) is 10.1 Å². The number of carbonyl (C=O) groups is 1. The molecule has 0 radical (unpaired) electrons. The van der Waals surface area contributed by atoms with Crippen LogP contribution in [0.25, 0.3) is 0 Å². The van der Waals surface area contributed by atoms with Crippen LogP contribution in [0.15, 0.2) is 35.2 Å². The number of alkyl halides is 1. The largest absolute Gasteiger partial charge is 0.293 e. The molecule has 2 rings (SSSR count). The summed E-state index contributed by atoms with van der Waals surface area (Å²) in [4.78, 5) is 10.5. The van der Waals surface area contributed by atoms with Crippen LogP contribution in [-0.4, -0.2) is 19.5 Å². The Morgan fingerprint density at radius 1 is 1.04 bits per heavy atom. The third-order valence-electron chi connectivity index (χ3n) is 2.92. The third-order valence-corrected chi connectivity index (χ3v) is 4.81. The van der Waals surface area contributed by atoms with Crippen LogP contribution in [-0.2, 0) is 10.0 Å². The fourth-order valence-corrected chi connectivity index (χ4v) is 3.27. The summed E-state index contributed by atoms with van der Waals surface area (Å²) in [5.41, 5.74) is -1.73. The molecule has 0 saturated heterocycles. The van der Waals surface area contributed by atoms with E-state index in [1.54, 1.807) is 4.72 Å². The maximum atomic E-state index is 14.2. The van der Waals surface area contributed by atoms with E-state index in [0.29, 0.717) is 24.3 Å². The van der Waals surface area contributed by atoms with Gasteiger partial charge in [0.1, 0.15) is 22.3 Å². The Morgan fingerprint density at radius 3 is 2.29 bits per heavy atom. The molecule has 0 bridgehead atoms. The molecule has 0 aliphatic rings. The van der Waals surface area contributed by atoms with Crippen LogP contribution < -0.4 is 4.72 Å². The molecule has 10 heteroatoms. The van der Waals surface area contributed by atoms with Crippen molar-refractivity contribution in [3.8, 4) is 0 Å². The molecular formula is C14H8BrF4NO3S. The zero-order valence-corrected chi connectivity index (χ0v) is 14.0. The maximum absolute atomic E-state index is 14.2. The van der Waals surface area contributed by atoms with Gasteiger partial charge in [-0.2, -0.15) is 0 Å². The number of benzene rings is 2. The Kier molecular flexibility index (Phi) is 5.29. The van der Waals surface area contributed by atoms with E-state index in [2.05, 4.69) is 15.9 Å². The maximum Gasteiger partial charge on any atom is 0.265 e. The van der Waals surface area contributed by atoms with Crippen LogP contribution in [0.5, 0.6) is 0 Å². The molecule has 0 heterocycles. The summed E-state index contributed by atoms with van der Waals surface area (Å²) >= 11 is 2.75. The highest BCUT2D eigenvalue weighted by molar-refractivity contribution is 9.09. The Labute approximate surface area is 142 Å². The number of nitrogens with one attached hydrogen (secondary N) is 1. The lowest BCUT2D eigenvalue weighted by molar-refractivity contribution is 0.101. The number of carbonyl (C=O) groups excluding carboxylic acids is 1. The van der Waals surface area contributed by atoms with Gasteiger partial charge in [-0.15, -0.1) is 0 Å². The summed E-state index contributed by atoms with van der Waals surface area (Å²) < 4.78 is 80.4. The molecular weight excluding hydrogens is 418 g/mol. The summed E-state index contributed by atoms with van der Waals surface area (Å²) in [6, 6.07) is 3.11. The zero-order valence-electron chi connectivity index (χ0n) is 11.6. The second-order valence-electron chi connectivity index (χ2n) is 4.52. The smallest absolute Gasteiger partial charge is 0.265 e. The van der Waals surface area contributed by atoms with Crippen LogP contribution in [0.1, 0.15) is 10.4 Å². The van der Waals surface area contributed by atoms with Crippen molar-refractivity contribution < 1.29 is 30.8 Å². The van der Waals surface area contributed by atoms with Crippen LogP contribution >= 0.6 is 15.9 Å². The predicted octanol–water partition coefficient (Wildman–Crippen LogP) is 3.62. The molecule has 0 fully saturated rings. The van der Waals surface area contributed by atoms with Crippen LogP contribution in [0.4, 0.5) is 23.2 Å². The van der Waals surface area contributed by atoms with E-state index < -0.39 is 60.6 Å². The highest BCUT2D eigenvalue weighted by Gasteiger charge is 2.25. The molecule has 0 saturated carbocycles. The Hall–Kier alpha value is -1.94. The highest BCUT2D eigenvalue weighted by atomic mass is 79.9. The fourth-order valence-electron chi connectivity index (χ4n) is 1.84. The Bertz CT molecular complexity index is 918. The molecule has 0 amide bonds. The lowest BCUT2D eigenvalue weighted by Crippen LogP contribution is -2.17. The molecule has 24 heavy (non-hydrogen) atoms. The second-order valence-corrected chi connectivity index (χ2v) is 6.73. The molecule has 0 spiro atoms. The SMILES string of the molecule is O=C(CBr)c1c(F)ccc(NS(=O)(=O)c2cc(F)ccc2F)c1F. The summed E-state index contributed by atoms with van der Waals surface area (Å²) in [5.74, 6) is -5.88. The first kappa shape index (κ1) is 18.4. The van der Waals surface area contributed by atoms with Crippen LogP contribution in [0, 0.1) is 23.3 Å². The average molecular weight is 426 g/mol. The number of rotatable bonds is 5. The van der Waals surface area contributed by atoms with Gasteiger partial charge in [-0.05, 0) is 30.3 Å². The van der Waals surface area contributed by atoms with Gasteiger partial charge in [0, 0.05) is 0 Å². The molecule has 0 aliphatic carbocycles. The Morgan fingerprint density at radius 2 is 1.67 bits per heavy atom. The van der Waals surface area contributed by atoms with E-state index in [0.717, 1.165) is 6.07 Å². The van der Waals surface area contributed by atoms with Crippen molar-refractivity contribution in [3.63, 3.8) is 0 Å². The van der Waals surface area contributed by atoms with Gasteiger partial charge in [-0.1, -0.05) is 15.9 Å². The van der Waals surface area contributed by atoms with Gasteiger partial charge >= 0.3 is 0 Å². The minimum atomic E-state index is -4.70. The number of Topliss-reactive ketones (excluding diaryl/α,β-unsaturated/α-hetero) is 1. The standard InChI is InChI=1S/C14H8BrF4NO3S/c15-6-11(21)13-9(18)3-4-10(14(13)19)20-24(22,23)12-5-7(16)1-2-8(12)17/h1-5,20H,6H2. The molecule has 128 valence electrons. The lowest BCUT2D eigenvalue weighted by atomic mass is 10.1. The van der Waals surface area contributed by atoms with Crippen molar-refractivity contribution in [2.24, 2.45) is 0 Å². The molecule has 2 aromatic rings. The summed E-state index contributed by atoms with van der Waals surface area (Å²) in [6.07, 6.45) is 0. The minimum Gasteiger partial charge on any atom is -0.293 e. The van der Waals surface area contributed by atoms with Crippen molar-refractivity contribution in [2.45, 2.75) is 4.90 Å². The van der Waals surface area contributed by atoms with Gasteiger partial charge in [0.05, 0.1) is 16.6 Å². The molecule has 0 aliphatic heterocycles. The molecule has 4 nitrogen and oxygen atoms in total. The normalized spacial score (nSPS) is 11.4. The van der Waals surface area contributed by atoms with Gasteiger partial charge < -0.3 is 0 Å². The number of ketones is 1. The van der Waals surface area contributed by atoms with Gasteiger partial charge in [0.2, 0.25) is 0 Å². The van der Waals surface area contributed by atoms with Crippen molar-refractivity contribution in [1.82, 2.24) is 0 Å². The zero-order chi connectivity index (χ0) is 18.1. The van der Waals surface area contributed by atoms with E-state index >= 15 is 0 Å². The van der Waals surface area contributed by atoms with Gasteiger partial charge in [0.15, 0.2) is 11.6 Å². The molecule has 0 aromatic heterocycles. The van der Waals surface area contributed by atoms with Crippen molar-refractivity contribution >= 4 is 37.4 Å². The van der Waals surface area contributed by atoms with E-state index in [4.69, 9.17) is 0 Å². The quantitative estimate of drug-likeness (QED) is 0.452. The fraction of sp³-hybridized carbons (Fsp3) is 0.0714. The minimum absolute atomic E-state index is 0.393. The first-order chi connectivity index (χ1) is 11.2. The monoisotopic (exact) mass is 425 g/mol. The number of hydrogen-bond acceptors (Lipinski definition) is 3. The topological polar surface area (TPSA) is 63.2 Å². The number of halogens is 5. The van der Waals surface area contributed by atoms with Crippen LogP contribution in [0.3, 0.4) is 0 Å². The first-order valence-corrected chi connectivity index (χ1v) is 8.83. The van der Waals surface area contributed by atoms with E-state index in [1.165, 1.54) is 0 Å². The number of anilines is 1. The van der Waals surface area contributed by atoms with Gasteiger partial charge in [0.25, 0.3) is 10.0 Å². The van der Waals surface area contributed by atoms with Crippen LogP contribution in [0.2, 0.25) is 0 Å². The van der Waals surface area contributed by atoms with Crippen molar-refractivity contribution in [3.05, 3.63) is 59.2 Å². The molecule has 1 N–H and O–H groups in total. The van der Waals surface area contributed by atoms with E-state index in [-0.39, 0.29) is 0 Å². The first-order valence-electron chi connectivity index (χ1n) is 6.22. The summed E-state index contributed by atoms with van der Waals surface area (Å²) in [6.45, 7) is 0.